The van der Waals surface area contributed by atoms with E-state index in [0.717, 1.165) is 52.8 Å². The molecule has 1 unspecified atom stereocenters. The Kier molecular flexibility index (Phi) is 14.6. The van der Waals surface area contributed by atoms with Gasteiger partial charge in [0, 0.05) is 24.2 Å². The molecule has 0 spiro atoms. The maximum absolute atomic E-state index is 12.1. The van der Waals surface area contributed by atoms with Crippen LogP contribution in [0.25, 0.3) is 0 Å². The first-order valence-corrected chi connectivity index (χ1v) is 11.8. The first kappa shape index (κ1) is 31.2. The number of aliphatic hydroxyl groups excluding tert-OH is 1. The molecule has 1 atom stereocenters. The second kappa shape index (κ2) is 16.0. The number of hydrogen-bond donors (Lipinski definition) is 3. The topological polar surface area (TPSA) is 87.7 Å². The fourth-order valence-electron chi connectivity index (χ4n) is 3.43. The number of amides is 1. The third kappa shape index (κ3) is 10.0. The van der Waals surface area contributed by atoms with Crippen molar-refractivity contribution in [2.45, 2.75) is 45.6 Å². The Morgan fingerprint density at radius 1 is 1.29 bits per heavy atom. The predicted molar refractivity (Wildman–Crippen MR) is 136 cm³/mol. The number of carbonyl (C=O) groups is 1. The van der Waals surface area contributed by atoms with Gasteiger partial charge in [-0.05, 0) is 37.5 Å². The van der Waals surface area contributed by atoms with E-state index in [-0.39, 0.29) is 63.2 Å². The largest absolute Gasteiger partial charge is 1.00 e. The van der Waals surface area contributed by atoms with Crippen molar-refractivity contribution in [3.05, 3.63) is 64.8 Å². The van der Waals surface area contributed by atoms with Crippen molar-refractivity contribution >= 4 is 39.5 Å². The van der Waals surface area contributed by atoms with Crippen LogP contribution in [0.2, 0.25) is 0 Å². The fraction of sp³-hybridized carbons (Fsp3) is 0.385. The number of ether oxygens (including phenoxy) is 1. The van der Waals surface area contributed by atoms with E-state index in [1.807, 2.05) is 37.5 Å². The Balaban J connectivity index is 0.000000336. The maximum atomic E-state index is 12.1. The Labute approximate surface area is 254 Å². The van der Waals surface area contributed by atoms with Gasteiger partial charge in [0.1, 0.15) is 5.75 Å². The van der Waals surface area contributed by atoms with Crippen molar-refractivity contribution in [1.82, 2.24) is 0 Å². The normalized spacial score (nSPS) is 14.0. The summed E-state index contributed by atoms with van der Waals surface area (Å²) >= 11 is 3.30. The summed E-state index contributed by atoms with van der Waals surface area (Å²) in [4.78, 5) is 22.7. The molecule has 0 bridgehead atoms. The Hall–Kier alpha value is -0.874. The van der Waals surface area contributed by atoms with Crippen LogP contribution in [0.1, 0.15) is 49.3 Å². The maximum Gasteiger partial charge on any atom is 1.00 e. The van der Waals surface area contributed by atoms with Crippen LogP contribution in [0, 0.1) is 26.2 Å². The van der Waals surface area contributed by atoms with E-state index in [4.69, 9.17) is 9.84 Å². The zero-order valence-electron chi connectivity index (χ0n) is 20.4. The van der Waals surface area contributed by atoms with Crippen molar-refractivity contribution < 1.29 is 70.8 Å². The van der Waals surface area contributed by atoms with E-state index in [2.05, 4.69) is 39.9 Å². The molecule has 8 heteroatoms. The monoisotopic (exact) mass is 554 g/mol. The molecule has 1 amide bonds. The molecule has 0 heterocycles. The molecule has 0 aromatic heterocycles. The van der Waals surface area contributed by atoms with Crippen molar-refractivity contribution in [1.29, 1.82) is 0 Å². The number of aliphatic hydroxyl groups is 1. The standard InChI is InChI=1S/C15H20NO2.C11H12BrNO2.K/c1-11-8-9-13(10-14(11)18-2)16-15(17)12-6-4-3-5-7-12;1-7(15)5-13-10-3-9(6-14)8(2)11(12)4-10;/h3,8-10,12H,4-7H2,1-2H3,(H,16,17);3-4,7,13,15H,2,5H2,1H3;/q-1;-2;+1. The molecular weight excluding hydrogens is 523 g/mol. The first-order valence-electron chi connectivity index (χ1n) is 11.0. The molecule has 6 nitrogen and oxygen atoms in total. The number of methoxy groups -OCH3 is 1. The molecular formula is C26H32BrKN2O4-2. The van der Waals surface area contributed by atoms with Gasteiger partial charge in [0.25, 0.3) is 0 Å². The van der Waals surface area contributed by atoms with Gasteiger partial charge in [0.15, 0.2) is 0 Å². The van der Waals surface area contributed by atoms with E-state index in [1.54, 1.807) is 20.1 Å². The van der Waals surface area contributed by atoms with Crippen molar-refractivity contribution in [2.75, 3.05) is 24.3 Å². The van der Waals surface area contributed by atoms with Crippen LogP contribution < -0.4 is 66.8 Å². The van der Waals surface area contributed by atoms with Gasteiger partial charge in [-0.25, -0.2) is 0 Å². The van der Waals surface area contributed by atoms with Crippen LogP contribution in [0.5, 0.6) is 5.75 Å². The van der Waals surface area contributed by atoms with Gasteiger partial charge in [0.05, 0.1) is 13.2 Å². The van der Waals surface area contributed by atoms with Crippen LogP contribution >= 0.6 is 15.9 Å². The van der Waals surface area contributed by atoms with E-state index < -0.39 is 6.10 Å². The van der Waals surface area contributed by atoms with E-state index >= 15 is 0 Å². The van der Waals surface area contributed by atoms with Crippen LogP contribution in [0.3, 0.4) is 0 Å². The van der Waals surface area contributed by atoms with Crippen molar-refractivity contribution in [3.63, 3.8) is 0 Å². The van der Waals surface area contributed by atoms with Crippen LogP contribution in [0.4, 0.5) is 11.4 Å². The summed E-state index contributed by atoms with van der Waals surface area (Å²) in [6, 6.07) is 9.23. The predicted octanol–water partition coefficient (Wildman–Crippen LogP) is 2.22. The zero-order chi connectivity index (χ0) is 24.4. The number of anilines is 2. The average molecular weight is 556 g/mol. The number of benzene rings is 2. The summed E-state index contributed by atoms with van der Waals surface area (Å²) in [5, 5.41) is 15.1. The fourth-order valence-corrected chi connectivity index (χ4v) is 3.89. The Morgan fingerprint density at radius 3 is 2.56 bits per heavy atom. The molecule has 3 N–H and O–H groups in total. The minimum Gasteiger partial charge on any atom is -0.496 e. The molecule has 1 aliphatic rings. The van der Waals surface area contributed by atoms with Gasteiger partial charge in [-0.3, -0.25) is 22.8 Å². The molecule has 1 aliphatic carbocycles. The molecule has 0 saturated heterocycles. The molecule has 0 aliphatic heterocycles. The SMILES string of the molecule is COc1cc(NC(=O)C2CC[CH-]CC2)ccc1C.[CH2-]c1c(Br)cc(NCC(C)O)cc1[C-]=O.[K+]. The van der Waals surface area contributed by atoms with E-state index in [0.29, 0.717) is 17.7 Å². The number of hydrogen-bond acceptors (Lipinski definition) is 5. The molecule has 0 radical (unpaired) electrons. The smallest absolute Gasteiger partial charge is 0.496 e. The van der Waals surface area contributed by atoms with Gasteiger partial charge >= 0.3 is 51.4 Å². The van der Waals surface area contributed by atoms with Crippen LogP contribution in [-0.2, 0) is 9.59 Å². The van der Waals surface area contributed by atoms with Crippen molar-refractivity contribution in [3.8, 4) is 5.75 Å². The van der Waals surface area contributed by atoms with Crippen LogP contribution in [0.15, 0.2) is 34.8 Å². The number of rotatable bonds is 7. The quantitative estimate of drug-likeness (QED) is 0.361. The number of carbonyl (C=O) groups excluding carboxylic acids is 2. The van der Waals surface area contributed by atoms with Gasteiger partial charge in [0.2, 0.25) is 5.91 Å². The molecule has 180 valence electrons. The third-order valence-corrected chi connectivity index (χ3v) is 6.10. The summed E-state index contributed by atoms with van der Waals surface area (Å²) in [6.07, 6.45) is 7.68. The third-order valence-electron chi connectivity index (χ3n) is 5.39. The number of nitrogens with one attached hydrogen (secondary N) is 2. The molecule has 34 heavy (non-hydrogen) atoms. The first-order chi connectivity index (χ1) is 15.7. The summed E-state index contributed by atoms with van der Waals surface area (Å²) in [6.45, 7) is 7.85. The minimum absolute atomic E-state index is 0. The molecule has 1 saturated carbocycles. The number of halogens is 1. The Morgan fingerprint density at radius 2 is 1.97 bits per heavy atom. The average Bonchev–Trinajstić information content (AvgIpc) is 2.81. The van der Waals surface area contributed by atoms with E-state index in [9.17, 15) is 9.59 Å². The second-order valence-corrected chi connectivity index (χ2v) is 8.98. The van der Waals surface area contributed by atoms with Gasteiger partial charge < -0.3 is 31.7 Å². The summed E-state index contributed by atoms with van der Waals surface area (Å²) in [5.74, 6) is 1.10. The molecule has 2 aromatic carbocycles. The van der Waals surface area contributed by atoms with Gasteiger partial charge in [-0.2, -0.15) is 18.9 Å². The summed E-state index contributed by atoms with van der Waals surface area (Å²) < 4.78 is 6.00. The van der Waals surface area contributed by atoms with Gasteiger partial charge in [-0.15, -0.1) is 26.5 Å². The second-order valence-electron chi connectivity index (χ2n) is 8.13. The number of aryl methyl sites for hydroxylation is 1. The zero-order valence-corrected chi connectivity index (χ0v) is 25.1. The summed E-state index contributed by atoms with van der Waals surface area (Å²) in [7, 11) is 1.64. The Bertz CT molecular complexity index is 947. The van der Waals surface area contributed by atoms with Gasteiger partial charge in [-0.1, -0.05) is 18.9 Å². The molecule has 1 fully saturated rings. The molecule has 2 aromatic rings. The summed E-state index contributed by atoms with van der Waals surface area (Å²) in [5.41, 5.74) is 3.68. The van der Waals surface area contributed by atoms with Crippen molar-refractivity contribution in [2.24, 2.45) is 5.92 Å². The minimum atomic E-state index is -0.438. The molecule has 3 rings (SSSR count). The van der Waals surface area contributed by atoms with E-state index in [1.165, 1.54) is 0 Å². The van der Waals surface area contributed by atoms with Crippen LogP contribution in [-0.4, -0.2) is 37.1 Å².